The molecule has 0 unspecified atom stereocenters. The van der Waals surface area contributed by atoms with E-state index in [9.17, 15) is 23.1 Å². The van der Waals surface area contributed by atoms with E-state index < -0.39 is 39.1 Å². The third-order valence-electron chi connectivity index (χ3n) is 7.57. The third-order valence-corrected chi connectivity index (χ3v) is 12.7. The van der Waals surface area contributed by atoms with Crippen LogP contribution in [-0.2, 0) is 20.6 Å². The maximum absolute atomic E-state index is 14.1. The van der Waals surface area contributed by atoms with Gasteiger partial charge in [-0.2, -0.15) is 13.2 Å². The van der Waals surface area contributed by atoms with E-state index in [-0.39, 0.29) is 17.6 Å². The number of ether oxygens (including phenoxy) is 1. The molecule has 0 fully saturated rings. The van der Waals surface area contributed by atoms with E-state index >= 15 is 0 Å². The lowest BCUT2D eigenvalue weighted by atomic mass is 9.94. The third kappa shape index (κ3) is 7.67. The molecule has 3 rings (SSSR count). The molecule has 0 aliphatic carbocycles. The molecule has 0 aliphatic rings. The molecule has 0 bridgehead atoms. The molecule has 4 nitrogen and oxygen atoms in total. The van der Waals surface area contributed by atoms with Gasteiger partial charge < -0.3 is 14.3 Å². The molecule has 0 saturated heterocycles. The highest BCUT2D eigenvalue weighted by Gasteiger charge is 2.62. The summed E-state index contributed by atoms with van der Waals surface area (Å²) in [7, 11) is -2.74. The lowest BCUT2D eigenvalue weighted by molar-refractivity contribution is -0.281. The van der Waals surface area contributed by atoms with E-state index in [2.05, 4.69) is 45.0 Å². The molecule has 2 atom stereocenters. The average molecular weight is 587 g/mol. The van der Waals surface area contributed by atoms with E-state index in [4.69, 9.17) is 9.16 Å². The number of alkyl halides is 3. The van der Waals surface area contributed by atoms with Crippen molar-refractivity contribution in [2.75, 3.05) is 0 Å². The number of hydrogen-bond donors (Lipinski definition) is 1. The van der Waals surface area contributed by atoms with Crippen LogP contribution < -0.4 is 10.4 Å². The van der Waals surface area contributed by atoms with Gasteiger partial charge in [0.2, 0.25) is 0 Å². The van der Waals surface area contributed by atoms with Crippen LogP contribution >= 0.6 is 0 Å². The molecule has 3 aromatic carbocycles. The number of carboxylic acid groups (broad SMARTS) is 1. The summed E-state index contributed by atoms with van der Waals surface area (Å²) in [6.07, 6.45) is -4.12. The van der Waals surface area contributed by atoms with Gasteiger partial charge in [-0.1, -0.05) is 125 Å². The van der Waals surface area contributed by atoms with Gasteiger partial charge in [0, 0.05) is 6.10 Å². The predicted octanol–water partition coefficient (Wildman–Crippen LogP) is 7.50. The lowest BCUT2D eigenvalue weighted by Crippen LogP contribution is -2.67. The Morgan fingerprint density at radius 2 is 1.29 bits per heavy atom. The first-order chi connectivity index (χ1) is 19.3. The molecule has 0 amide bonds. The van der Waals surface area contributed by atoms with E-state index in [1.54, 1.807) is 30.3 Å². The van der Waals surface area contributed by atoms with Crippen LogP contribution in [0.3, 0.4) is 0 Å². The first-order valence-electron chi connectivity index (χ1n) is 14.1. The van der Waals surface area contributed by atoms with Gasteiger partial charge in [-0.15, -0.1) is 0 Å². The fourth-order valence-corrected chi connectivity index (χ4v) is 10.1. The average Bonchev–Trinajstić information content (AvgIpc) is 2.93. The van der Waals surface area contributed by atoms with E-state index in [0.29, 0.717) is 24.8 Å². The van der Waals surface area contributed by atoms with Crippen molar-refractivity contribution < 1.29 is 32.2 Å². The molecule has 0 aromatic heterocycles. The van der Waals surface area contributed by atoms with Crippen molar-refractivity contribution in [2.45, 2.75) is 89.3 Å². The molecule has 8 heteroatoms. The second-order valence-corrected chi connectivity index (χ2v) is 15.8. The number of benzene rings is 3. The quantitative estimate of drug-likeness (QED) is 0.157. The Hall–Kier alpha value is -2.94. The summed E-state index contributed by atoms with van der Waals surface area (Å²) in [6, 6.07) is 28.8. The van der Waals surface area contributed by atoms with Crippen LogP contribution in [0, 0.1) is 0 Å². The fraction of sp³-hybridized carbons (Fsp3) is 0.424. The van der Waals surface area contributed by atoms with Crippen LogP contribution in [0.1, 0.15) is 65.4 Å². The van der Waals surface area contributed by atoms with Gasteiger partial charge in [0.05, 0.1) is 6.61 Å². The van der Waals surface area contributed by atoms with Crippen LogP contribution in [0.15, 0.2) is 91.0 Å². The van der Waals surface area contributed by atoms with Gasteiger partial charge in [0.1, 0.15) is 0 Å². The normalized spacial score (nSPS) is 14.8. The van der Waals surface area contributed by atoms with E-state index in [1.807, 2.05) is 43.3 Å². The minimum absolute atomic E-state index is 0.0620. The fourth-order valence-electron chi connectivity index (χ4n) is 5.40. The van der Waals surface area contributed by atoms with E-state index in [0.717, 1.165) is 10.4 Å². The number of halogens is 3. The standard InChI is InChI=1S/C33H41F3O4Si/c1-26(40-41(31(2,3)4,28-20-12-6-13-21-28)29-22-14-7-15-23-29)17-9-8-16-24-32(30(37)38,33(34,35)36)39-25-27-18-10-5-11-19-27/h5-7,10-15,18-23,26H,8-9,16-17,24-25H2,1-4H3,(H,37,38)/t26-,32+/m0/s1. The topological polar surface area (TPSA) is 55.8 Å². The Kier molecular flexibility index (Phi) is 11.0. The van der Waals surface area contributed by atoms with Crippen LogP contribution in [0.25, 0.3) is 0 Å². The number of hydrogen-bond acceptors (Lipinski definition) is 3. The first kappa shape index (κ1) is 32.6. The minimum atomic E-state index is -5.05. The van der Waals surface area contributed by atoms with Gasteiger partial charge in [0.15, 0.2) is 0 Å². The monoisotopic (exact) mass is 586 g/mol. The number of aliphatic carboxylic acids is 1. The summed E-state index contributed by atoms with van der Waals surface area (Å²) < 4.78 is 54.4. The number of rotatable bonds is 14. The van der Waals surface area contributed by atoms with Crippen LogP contribution in [0.4, 0.5) is 13.2 Å². The highest BCUT2D eigenvalue weighted by molar-refractivity contribution is 6.99. The Bertz CT molecular complexity index is 1170. The zero-order valence-corrected chi connectivity index (χ0v) is 25.3. The minimum Gasteiger partial charge on any atom is -0.479 e. The molecule has 0 aliphatic heterocycles. The second-order valence-electron chi connectivity index (χ2n) is 11.6. The Balaban J connectivity index is 1.69. The molecule has 0 spiro atoms. The van der Waals surface area contributed by atoms with Crippen molar-refractivity contribution in [2.24, 2.45) is 0 Å². The van der Waals surface area contributed by atoms with Crippen molar-refractivity contribution in [1.82, 2.24) is 0 Å². The van der Waals surface area contributed by atoms with E-state index in [1.165, 1.54) is 0 Å². The maximum Gasteiger partial charge on any atom is 0.428 e. The second kappa shape index (κ2) is 13.8. The molecule has 222 valence electrons. The molecule has 0 heterocycles. The van der Waals surface area contributed by atoms with Gasteiger partial charge in [-0.3, -0.25) is 0 Å². The number of carboxylic acids is 1. The van der Waals surface area contributed by atoms with Crippen LogP contribution in [0.2, 0.25) is 5.04 Å². The van der Waals surface area contributed by atoms with Crippen molar-refractivity contribution in [3.63, 3.8) is 0 Å². The van der Waals surface area contributed by atoms with Crippen LogP contribution in [0.5, 0.6) is 0 Å². The van der Waals surface area contributed by atoms with Crippen molar-refractivity contribution in [1.29, 1.82) is 0 Å². The zero-order valence-electron chi connectivity index (χ0n) is 24.3. The Morgan fingerprint density at radius 1 is 0.805 bits per heavy atom. The zero-order chi connectivity index (χ0) is 30.2. The molecule has 0 radical (unpaired) electrons. The highest BCUT2D eigenvalue weighted by Crippen LogP contribution is 2.40. The molecule has 3 aromatic rings. The van der Waals surface area contributed by atoms with Gasteiger partial charge in [0.25, 0.3) is 13.9 Å². The van der Waals surface area contributed by atoms with Crippen molar-refractivity contribution in [3.8, 4) is 0 Å². The summed E-state index contributed by atoms with van der Waals surface area (Å²) in [5.41, 5.74) is -2.77. The molecule has 41 heavy (non-hydrogen) atoms. The summed E-state index contributed by atoms with van der Waals surface area (Å²) in [4.78, 5) is 11.9. The van der Waals surface area contributed by atoms with Gasteiger partial charge in [-0.25, -0.2) is 4.79 Å². The Morgan fingerprint density at radius 3 is 1.73 bits per heavy atom. The summed E-state index contributed by atoms with van der Waals surface area (Å²) in [5.74, 6) is -2.01. The van der Waals surface area contributed by atoms with Crippen LogP contribution in [-0.4, -0.2) is 37.3 Å². The Labute approximate surface area is 242 Å². The summed E-state index contributed by atoms with van der Waals surface area (Å²) in [6.45, 7) is 8.17. The maximum atomic E-state index is 14.1. The molecule has 0 saturated carbocycles. The lowest BCUT2D eigenvalue weighted by Gasteiger charge is -2.44. The number of unbranched alkanes of at least 4 members (excludes halogenated alkanes) is 2. The van der Waals surface area contributed by atoms with Gasteiger partial charge in [-0.05, 0) is 47.2 Å². The molecule has 1 N–H and O–H groups in total. The molecular weight excluding hydrogens is 545 g/mol. The first-order valence-corrected chi connectivity index (χ1v) is 16.0. The largest absolute Gasteiger partial charge is 0.479 e. The highest BCUT2D eigenvalue weighted by atomic mass is 28.4. The summed E-state index contributed by atoms with van der Waals surface area (Å²) in [5, 5.41) is 11.8. The SMILES string of the molecule is C[C@@H](CCCCC[C@@](OCc1ccccc1)(C(=O)O)C(F)(F)F)O[Si](c1ccccc1)(c1ccccc1)C(C)(C)C. The predicted molar refractivity (Wildman–Crippen MR) is 159 cm³/mol. The number of carbonyl (C=O) groups is 1. The summed E-state index contributed by atoms with van der Waals surface area (Å²) >= 11 is 0. The van der Waals surface area contributed by atoms with Crippen molar-refractivity contribution in [3.05, 3.63) is 96.6 Å². The van der Waals surface area contributed by atoms with Gasteiger partial charge >= 0.3 is 12.1 Å². The molecular formula is C33H41F3O4Si. The smallest absolute Gasteiger partial charge is 0.428 e. The van der Waals surface area contributed by atoms with Crippen molar-refractivity contribution >= 4 is 24.7 Å².